The molecule has 0 saturated carbocycles. The molecule has 1 aromatic heterocycles. The molecule has 2 saturated heterocycles. The molecule has 2 aliphatic rings. The standard InChI is InChI=1S/C34H34N6O4S2/c1-33(19-17-23-9-13-25(43-3)14-10-23)39(29(41)21-45-33)37-31-27-7-5-6-8-28(27)32(36-35-31)38-40-30(42)22-46-34(40,2)20-18-24-11-15-26(44-4)16-12-24/h5-20H,21-22H2,1-4H3,(H,35,37)(H,36,38)/b19-17+,20-18+. The molecular formula is C34H34N6O4S2. The maximum Gasteiger partial charge on any atom is 0.252 e. The van der Waals surface area contributed by atoms with Gasteiger partial charge < -0.3 is 9.47 Å². The summed E-state index contributed by atoms with van der Waals surface area (Å²) in [5, 5.41) is 13.7. The Balaban J connectivity index is 1.25. The van der Waals surface area contributed by atoms with Crippen LogP contribution in [0.4, 0.5) is 11.6 Å². The van der Waals surface area contributed by atoms with Crippen LogP contribution in [0.2, 0.25) is 0 Å². The molecule has 6 rings (SSSR count). The topological polar surface area (TPSA) is 109 Å². The van der Waals surface area contributed by atoms with Crippen LogP contribution in [0.3, 0.4) is 0 Å². The quantitative estimate of drug-likeness (QED) is 0.202. The third kappa shape index (κ3) is 6.35. The highest BCUT2D eigenvalue weighted by Gasteiger charge is 2.43. The lowest BCUT2D eigenvalue weighted by molar-refractivity contribution is -0.128. The smallest absolute Gasteiger partial charge is 0.252 e. The third-order valence-corrected chi connectivity index (χ3v) is 10.5. The first-order valence-corrected chi connectivity index (χ1v) is 16.6. The van der Waals surface area contributed by atoms with Crippen molar-refractivity contribution in [2.45, 2.75) is 23.6 Å². The molecule has 0 aliphatic carbocycles. The van der Waals surface area contributed by atoms with Gasteiger partial charge in [-0.25, -0.2) is 10.0 Å². The van der Waals surface area contributed by atoms with E-state index in [-0.39, 0.29) is 11.8 Å². The van der Waals surface area contributed by atoms with Crippen molar-refractivity contribution in [3.63, 3.8) is 0 Å². The predicted molar refractivity (Wildman–Crippen MR) is 186 cm³/mol. The first kappa shape index (κ1) is 31.3. The van der Waals surface area contributed by atoms with Crippen molar-refractivity contribution in [1.82, 2.24) is 20.2 Å². The molecule has 0 bridgehead atoms. The lowest BCUT2D eigenvalue weighted by Crippen LogP contribution is -2.45. The van der Waals surface area contributed by atoms with Crippen LogP contribution >= 0.6 is 23.5 Å². The fraction of sp³-hybridized carbons (Fsp3) is 0.235. The van der Waals surface area contributed by atoms with Gasteiger partial charge in [-0.2, -0.15) is 0 Å². The average Bonchev–Trinajstić information content (AvgIpc) is 3.53. The van der Waals surface area contributed by atoms with Crippen LogP contribution < -0.4 is 20.3 Å². The Morgan fingerprint density at radius 3 is 1.43 bits per heavy atom. The molecule has 236 valence electrons. The first-order valence-electron chi connectivity index (χ1n) is 14.6. The first-order chi connectivity index (χ1) is 22.2. The van der Waals surface area contributed by atoms with Crippen LogP contribution in [0, 0.1) is 0 Å². The summed E-state index contributed by atoms with van der Waals surface area (Å²) < 4.78 is 10.5. The molecule has 4 aromatic rings. The Hall–Kier alpha value is -4.68. The van der Waals surface area contributed by atoms with E-state index < -0.39 is 9.74 Å². The van der Waals surface area contributed by atoms with Gasteiger partial charge in [0.1, 0.15) is 21.2 Å². The number of hydrazine groups is 2. The third-order valence-electron chi connectivity index (χ3n) is 7.89. The van der Waals surface area contributed by atoms with Crippen LogP contribution in [0.5, 0.6) is 11.5 Å². The Kier molecular flexibility index (Phi) is 8.83. The van der Waals surface area contributed by atoms with Crippen molar-refractivity contribution in [2.24, 2.45) is 0 Å². The zero-order valence-electron chi connectivity index (χ0n) is 25.9. The number of ether oxygens (including phenoxy) is 2. The number of aromatic nitrogens is 2. The van der Waals surface area contributed by atoms with E-state index in [1.54, 1.807) is 24.2 Å². The number of anilines is 2. The molecular weight excluding hydrogens is 621 g/mol. The number of amides is 2. The molecule has 46 heavy (non-hydrogen) atoms. The molecule has 2 atom stereocenters. The molecule has 2 amide bonds. The highest BCUT2D eigenvalue weighted by atomic mass is 32.2. The largest absolute Gasteiger partial charge is 0.497 e. The van der Waals surface area contributed by atoms with E-state index in [1.807, 2.05) is 111 Å². The van der Waals surface area contributed by atoms with Crippen LogP contribution in [0.1, 0.15) is 25.0 Å². The maximum absolute atomic E-state index is 13.1. The molecule has 2 N–H and O–H groups in total. The Morgan fingerprint density at radius 2 is 1.07 bits per heavy atom. The van der Waals surface area contributed by atoms with Gasteiger partial charge in [0.15, 0.2) is 11.6 Å². The fourth-order valence-corrected chi connectivity index (χ4v) is 7.14. The number of thioether (sulfide) groups is 2. The Morgan fingerprint density at radius 1 is 0.674 bits per heavy atom. The number of benzene rings is 3. The van der Waals surface area contributed by atoms with E-state index in [1.165, 1.54) is 23.5 Å². The van der Waals surface area contributed by atoms with Crippen molar-refractivity contribution < 1.29 is 19.1 Å². The summed E-state index contributed by atoms with van der Waals surface area (Å²) in [4.78, 5) is 24.9. The molecule has 2 unspecified atom stereocenters. The molecule has 0 spiro atoms. The minimum absolute atomic E-state index is 0.0703. The van der Waals surface area contributed by atoms with Crippen molar-refractivity contribution in [3.8, 4) is 11.5 Å². The van der Waals surface area contributed by atoms with Crippen molar-refractivity contribution in [2.75, 3.05) is 36.6 Å². The Labute approximate surface area is 276 Å². The van der Waals surface area contributed by atoms with Gasteiger partial charge in [-0.1, -0.05) is 60.7 Å². The predicted octanol–water partition coefficient (Wildman–Crippen LogP) is 6.31. The van der Waals surface area contributed by atoms with E-state index in [2.05, 4.69) is 21.0 Å². The number of carbonyl (C=O) groups excluding carboxylic acids is 2. The van der Waals surface area contributed by atoms with E-state index in [0.29, 0.717) is 23.1 Å². The van der Waals surface area contributed by atoms with E-state index in [4.69, 9.17) is 9.47 Å². The molecule has 0 radical (unpaired) electrons. The van der Waals surface area contributed by atoms with Crippen molar-refractivity contribution in [1.29, 1.82) is 0 Å². The highest BCUT2D eigenvalue weighted by Crippen LogP contribution is 2.41. The molecule has 3 heterocycles. The molecule has 10 nitrogen and oxygen atoms in total. The number of fused-ring (bicyclic) bond motifs is 1. The number of methoxy groups -OCH3 is 2. The van der Waals surface area contributed by atoms with E-state index in [0.717, 1.165) is 33.4 Å². The minimum atomic E-state index is -0.673. The van der Waals surface area contributed by atoms with Gasteiger partial charge in [0.25, 0.3) is 11.8 Å². The summed E-state index contributed by atoms with van der Waals surface area (Å²) in [6.45, 7) is 3.97. The van der Waals surface area contributed by atoms with Gasteiger partial charge in [-0.05, 0) is 61.4 Å². The number of hydrogen-bond donors (Lipinski definition) is 2. The minimum Gasteiger partial charge on any atom is -0.497 e. The number of hydrogen-bond acceptors (Lipinski definition) is 10. The zero-order chi connectivity index (χ0) is 32.3. The number of rotatable bonds is 10. The summed E-state index contributed by atoms with van der Waals surface area (Å²) >= 11 is 3.05. The zero-order valence-corrected chi connectivity index (χ0v) is 27.5. The lowest BCUT2D eigenvalue weighted by Gasteiger charge is -2.33. The fourth-order valence-electron chi connectivity index (χ4n) is 5.17. The molecule has 2 fully saturated rings. The number of carbonyl (C=O) groups is 2. The highest BCUT2D eigenvalue weighted by molar-refractivity contribution is 8.02. The summed E-state index contributed by atoms with van der Waals surface area (Å²) in [6, 6.07) is 23.1. The van der Waals surface area contributed by atoms with Gasteiger partial charge in [0.05, 0.1) is 25.7 Å². The van der Waals surface area contributed by atoms with Crippen molar-refractivity contribution in [3.05, 3.63) is 96.1 Å². The van der Waals surface area contributed by atoms with Crippen LogP contribution in [0.25, 0.3) is 22.9 Å². The average molecular weight is 655 g/mol. The maximum atomic E-state index is 13.1. The van der Waals surface area contributed by atoms with Gasteiger partial charge in [0, 0.05) is 10.8 Å². The van der Waals surface area contributed by atoms with Crippen LogP contribution in [-0.4, -0.2) is 67.5 Å². The molecule has 2 aliphatic heterocycles. The second-order valence-electron chi connectivity index (χ2n) is 11.0. The van der Waals surface area contributed by atoms with E-state index >= 15 is 0 Å². The second kappa shape index (κ2) is 13.0. The monoisotopic (exact) mass is 654 g/mol. The summed E-state index contributed by atoms with van der Waals surface area (Å²) in [6.07, 6.45) is 7.98. The number of nitrogens with one attached hydrogen (secondary N) is 2. The van der Waals surface area contributed by atoms with Crippen LogP contribution in [-0.2, 0) is 9.59 Å². The summed E-state index contributed by atoms with van der Waals surface area (Å²) in [7, 11) is 3.27. The normalized spacial score (nSPS) is 21.6. The number of nitrogens with zero attached hydrogens (tertiary/aromatic N) is 4. The van der Waals surface area contributed by atoms with Gasteiger partial charge in [-0.15, -0.1) is 33.7 Å². The van der Waals surface area contributed by atoms with Gasteiger partial charge in [0.2, 0.25) is 0 Å². The van der Waals surface area contributed by atoms with Crippen LogP contribution in [0.15, 0.2) is 84.9 Å². The molecule has 3 aromatic carbocycles. The molecule has 12 heteroatoms. The second-order valence-corrected chi connectivity index (χ2v) is 13.8. The van der Waals surface area contributed by atoms with E-state index in [9.17, 15) is 9.59 Å². The Bertz CT molecular complexity index is 1690. The lowest BCUT2D eigenvalue weighted by atomic mass is 10.1. The summed E-state index contributed by atoms with van der Waals surface area (Å²) in [5.41, 5.74) is 8.49. The SMILES string of the molecule is COc1ccc(/C=C/C2(C)SCC(=O)N2Nc2nnc(NN3C(=O)CSC3(C)/C=C/c3ccc(OC)cc3)c3ccccc23)cc1. The van der Waals surface area contributed by atoms with Crippen molar-refractivity contribution >= 4 is 69.9 Å². The van der Waals surface area contributed by atoms with Gasteiger partial charge >= 0.3 is 0 Å². The van der Waals surface area contributed by atoms with Gasteiger partial charge in [-0.3, -0.25) is 20.4 Å². The summed E-state index contributed by atoms with van der Waals surface area (Å²) in [5.74, 6) is 2.93.